The number of amides is 1. The van der Waals surface area contributed by atoms with Gasteiger partial charge in [-0.25, -0.2) is 0 Å². The van der Waals surface area contributed by atoms with Gasteiger partial charge in [0.25, 0.3) is 0 Å². The summed E-state index contributed by atoms with van der Waals surface area (Å²) in [4.78, 5) is 14.4. The highest BCUT2D eigenvalue weighted by atomic mass is 35.5. The number of halogens is 1. The van der Waals surface area contributed by atoms with Crippen LogP contribution in [0.4, 0.5) is 0 Å². The van der Waals surface area contributed by atoms with Gasteiger partial charge < -0.3 is 10.2 Å². The van der Waals surface area contributed by atoms with E-state index in [4.69, 9.17) is 0 Å². The molecule has 0 bridgehead atoms. The molecular weight excluding hydrogens is 260 g/mol. The summed E-state index contributed by atoms with van der Waals surface area (Å²) in [6, 6.07) is 0. The van der Waals surface area contributed by atoms with Gasteiger partial charge in [-0.05, 0) is 62.9 Å². The first-order valence-corrected chi connectivity index (χ1v) is 7.81. The van der Waals surface area contributed by atoms with Crippen LogP contribution in [0.15, 0.2) is 0 Å². The van der Waals surface area contributed by atoms with Crippen molar-refractivity contribution < 1.29 is 4.79 Å². The first kappa shape index (κ1) is 15.1. The number of nitrogens with one attached hydrogen (secondary N) is 1. The predicted octanol–water partition coefficient (Wildman–Crippen LogP) is 2.45. The molecule has 0 radical (unpaired) electrons. The van der Waals surface area contributed by atoms with E-state index >= 15 is 0 Å². The topological polar surface area (TPSA) is 32.3 Å². The maximum atomic E-state index is 12.2. The number of hydrogen-bond donors (Lipinski definition) is 1. The van der Waals surface area contributed by atoms with E-state index < -0.39 is 0 Å². The van der Waals surface area contributed by atoms with E-state index in [9.17, 15) is 4.79 Å². The van der Waals surface area contributed by atoms with Crippen LogP contribution in [0.2, 0.25) is 0 Å². The summed E-state index contributed by atoms with van der Waals surface area (Å²) in [5.41, 5.74) is 0. The largest absolute Gasteiger partial charge is 0.342 e. The van der Waals surface area contributed by atoms with E-state index in [1.54, 1.807) is 0 Å². The van der Waals surface area contributed by atoms with Gasteiger partial charge >= 0.3 is 0 Å². The lowest BCUT2D eigenvalue weighted by atomic mass is 9.93. The second kappa shape index (κ2) is 6.94. The minimum Gasteiger partial charge on any atom is -0.342 e. The van der Waals surface area contributed by atoms with Gasteiger partial charge in [0, 0.05) is 19.5 Å². The molecular formula is C15H27ClN2O. The van der Waals surface area contributed by atoms with Crippen LogP contribution in [-0.4, -0.2) is 37.0 Å². The lowest BCUT2D eigenvalue weighted by molar-refractivity contribution is -0.130. The molecule has 1 saturated carbocycles. The van der Waals surface area contributed by atoms with Crippen LogP contribution in [0.25, 0.3) is 0 Å². The Morgan fingerprint density at radius 2 is 1.68 bits per heavy atom. The molecule has 1 N–H and O–H groups in total. The van der Waals surface area contributed by atoms with Crippen LogP contribution < -0.4 is 5.32 Å². The van der Waals surface area contributed by atoms with Crippen molar-refractivity contribution in [3.05, 3.63) is 0 Å². The molecule has 3 nitrogen and oxygen atoms in total. The van der Waals surface area contributed by atoms with Crippen molar-refractivity contribution in [2.75, 3.05) is 26.2 Å². The van der Waals surface area contributed by atoms with Gasteiger partial charge in [-0.2, -0.15) is 0 Å². The quantitative estimate of drug-likeness (QED) is 0.864. The second-order valence-corrected chi connectivity index (χ2v) is 6.48. The molecule has 2 saturated heterocycles. The highest BCUT2D eigenvalue weighted by Crippen LogP contribution is 2.38. The zero-order chi connectivity index (χ0) is 12.4. The Balaban J connectivity index is 0.00000133. The van der Waals surface area contributed by atoms with Crippen LogP contribution in [-0.2, 0) is 4.79 Å². The molecule has 19 heavy (non-hydrogen) atoms. The second-order valence-electron chi connectivity index (χ2n) is 6.48. The Morgan fingerprint density at radius 1 is 1.05 bits per heavy atom. The lowest BCUT2D eigenvalue weighted by Gasteiger charge is -2.23. The summed E-state index contributed by atoms with van der Waals surface area (Å²) in [5.74, 6) is 2.90. The van der Waals surface area contributed by atoms with Crippen LogP contribution in [0, 0.1) is 17.8 Å². The Kier molecular flexibility index (Phi) is 5.52. The van der Waals surface area contributed by atoms with Crippen LogP contribution in [0.3, 0.4) is 0 Å². The zero-order valence-electron chi connectivity index (χ0n) is 11.8. The van der Waals surface area contributed by atoms with Crippen molar-refractivity contribution in [1.29, 1.82) is 0 Å². The number of likely N-dealkylation sites (tertiary alicyclic amines) is 1. The van der Waals surface area contributed by atoms with Crippen LogP contribution in [0.1, 0.15) is 44.9 Å². The Morgan fingerprint density at radius 3 is 2.32 bits per heavy atom. The number of rotatable bonds is 3. The molecule has 1 aliphatic carbocycles. The number of hydrogen-bond acceptors (Lipinski definition) is 2. The third kappa shape index (κ3) is 3.63. The zero-order valence-corrected chi connectivity index (χ0v) is 12.6. The molecule has 0 aromatic heterocycles. The minimum absolute atomic E-state index is 0. The fourth-order valence-corrected chi connectivity index (χ4v) is 4.09. The van der Waals surface area contributed by atoms with E-state index in [0.717, 1.165) is 56.8 Å². The van der Waals surface area contributed by atoms with Gasteiger partial charge in [-0.3, -0.25) is 4.79 Å². The summed E-state index contributed by atoms with van der Waals surface area (Å²) in [6.45, 7) is 4.42. The summed E-state index contributed by atoms with van der Waals surface area (Å²) in [5, 5.41) is 3.39. The average molecular weight is 287 g/mol. The van der Waals surface area contributed by atoms with Crippen molar-refractivity contribution in [2.45, 2.75) is 44.9 Å². The van der Waals surface area contributed by atoms with E-state index in [1.165, 1.54) is 32.1 Å². The molecule has 110 valence electrons. The first-order chi connectivity index (χ1) is 8.83. The van der Waals surface area contributed by atoms with Crippen molar-refractivity contribution in [1.82, 2.24) is 10.2 Å². The van der Waals surface area contributed by atoms with Gasteiger partial charge in [-0.1, -0.05) is 6.42 Å². The fourth-order valence-electron chi connectivity index (χ4n) is 4.09. The molecule has 2 aliphatic heterocycles. The van der Waals surface area contributed by atoms with E-state index in [0.29, 0.717) is 5.91 Å². The third-order valence-corrected chi connectivity index (χ3v) is 5.30. The average Bonchev–Trinajstić information content (AvgIpc) is 2.98. The predicted molar refractivity (Wildman–Crippen MR) is 79.5 cm³/mol. The van der Waals surface area contributed by atoms with Crippen molar-refractivity contribution in [3.8, 4) is 0 Å². The van der Waals surface area contributed by atoms with Gasteiger partial charge in [0.2, 0.25) is 5.91 Å². The fraction of sp³-hybridized carbons (Fsp3) is 0.933. The van der Waals surface area contributed by atoms with Gasteiger partial charge in [-0.15, -0.1) is 12.4 Å². The van der Waals surface area contributed by atoms with Crippen molar-refractivity contribution in [3.63, 3.8) is 0 Å². The third-order valence-electron chi connectivity index (χ3n) is 5.30. The molecule has 3 rings (SSSR count). The molecule has 0 spiro atoms. The number of piperidine rings is 1. The van der Waals surface area contributed by atoms with Crippen molar-refractivity contribution >= 4 is 18.3 Å². The van der Waals surface area contributed by atoms with E-state index in [-0.39, 0.29) is 12.4 Å². The maximum absolute atomic E-state index is 12.2. The smallest absolute Gasteiger partial charge is 0.222 e. The monoisotopic (exact) mass is 286 g/mol. The summed E-state index contributed by atoms with van der Waals surface area (Å²) in [6.07, 6.45) is 8.56. The van der Waals surface area contributed by atoms with Crippen molar-refractivity contribution in [2.24, 2.45) is 17.8 Å². The molecule has 3 aliphatic rings. The standard InChI is InChI=1S/C15H26N2O.ClH/c18-15(5-4-12-6-8-16-9-7-12)17-10-13-2-1-3-14(13)11-17;/h12-14,16H,1-11H2;1H. The molecule has 2 atom stereocenters. The molecule has 1 amide bonds. The Bertz CT molecular complexity index is 293. The first-order valence-electron chi connectivity index (χ1n) is 7.81. The number of carbonyl (C=O) groups is 1. The number of nitrogens with zero attached hydrogens (tertiary/aromatic N) is 1. The minimum atomic E-state index is 0. The SMILES string of the molecule is Cl.O=C(CCC1CCNCC1)N1CC2CCCC2C1. The van der Waals surface area contributed by atoms with Gasteiger partial charge in [0.1, 0.15) is 0 Å². The molecule has 4 heteroatoms. The number of fused-ring (bicyclic) bond motifs is 1. The molecule has 0 aromatic carbocycles. The highest BCUT2D eigenvalue weighted by molar-refractivity contribution is 5.85. The van der Waals surface area contributed by atoms with Gasteiger partial charge in [0.05, 0.1) is 0 Å². The maximum Gasteiger partial charge on any atom is 0.222 e. The van der Waals surface area contributed by atoms with E-state index in [2.05, 4.69) is 10.2 Å². The molecule has 0 aromatic rings. The van der Waals surface area contributed by atoms with Crippen LogP contribution >= 0.6 is 12.4 Å². The summed E-state index contributed by atoms with van der Waals surface area (Å²) < 4.78 is 0. The normalized spacial score (nSPS) is 31.1. The molecule has 2 heterocycles. The number of carbonyl (C=O) groups excluding carboxylic acids is 1. The summed E-state index contributed by atoms with van der Waals surface area (Å²) in [7, 11) is 0. The lowest BCUT2D eigenvalue weighted by Crippen LogP contribution is -2.31. The Labute approximate surface area is 122 Å². The van der Waals surface area contributed by atoms with Crippen LogP contribution in [0.5, 0.6) is 0 Å². The highest BCUT2D eigenvalue weighted by Gasteiger charge is 2.37. The van der Waals surface area contributed by atoms with Gasteiger partial charge in [0.15, 0.2) is 0 Å². The molecule has 2 unspecified atom stereocenters. The summed E-state index contributed by atoms with van der Waals surface area (Å²) >= 11 is 0. The molecule has 3 fully saturated rings. The van der Waals surface area contributed by atoms with E-state index in [1.807, 2.05) is 0 Å². The Hall–Kier alpha value is -0.280.